The van der Waals surface area contributed by atoms with Crippen LogP contribution in [0.3, 0.4) is 0 Å². The fourth-order valence-electron chi connectivity index (χ4n) is 2.65. The summed E-state index contributed by atoms with van der Waals surface area (Å²) in [6.07, 6.45) is 3.85. The van der Waals surface area contributed by atoms with E-state index in [9.17, 15) is 4.79 Å². The van der Waals surface area contributed by atoms with Crippen LogP contribution in [-0.2, 0) is 9.47 Å². The van der Waals surface area contributed by atoms with E-state index >= 15 is 0 Å². The molecule has 1 atom stereocenters. The summed E-state index contributed by atoms with van der Waals surface area (Å²) in [5, 5.41) is 4.23. The SMILES string of the molecule is CCC1(CC)CC(Nc2nc(Cl)c(C(=O)OC)s2)CCO1. The quantitative estimate of drug-likeness (QED) is 0.832. The van der Waals surface area contributed by atoms with Crippen molar-refractivity contribution in [1.82, 2.24) is 4.98 Å². The summed E-state index contributed by atoms with van der Waals surface area (Å²) in [4.78, 5) is 16.1. The third kappa shape index (κ3) is 3.67. The summed E-state index contributed by atoms with van der Waals surface area (Å²) >= 11 is 7.21. The van der Waals surface area contributed by atoms with Crippen molar-refractivity contribution in [2.75, 3.05) is 19.0 Å². The van der Waals surface area contributed by atoms with Crippen LogP contribution in [0.2, 0.25) is 5.15 Å². The molecule has 1 aliphatic heterocycles. The molecule has 0 aromatic carbocycles. The molecule has 0 bridgehead atoms. The highest BCUT2D eigenvalue weighted by atomic mass is 35.5. The first kappa shape index (κ1) is 16.5. The Labute approximate surface area is 134 Å². The van der Waals surface area contributed by atoms with Gasteiger partial charge in [0.05, 0.1) is 12.7 Å². The molecule has 1 aliphatic rings. The molecule has 1 aromatic heterocycles. The van der Waals surface area contributed by atoms with Crippen molar-refractivity contribution in [2.24, 2.45) is 0 Å². The molecule has 0 radical (unpaired) electrons. The Balaban J connectivity index is 2.06. The monoisotopic (exact) mass is 332 g/mol. The Hall–Kier alpha value is -0.850. The number of halogens is 1. The van der Waals surface area contributed by atoms with E-state index in [2.05, 4.69) is 28.9 Å². The van der Waals surface area contributed by atoms with E-state index in [4.69, 9.17) is 16.3 Å². The number of hydrogen-bond acceptors (Lipinski definition) is 6. The van der Waals surface area contributed by atoms with Gasteiger partial charge in [0.1, 0.15) is 0 Å². The van der Waals surface area contributed by atoms with Crippen LogP contribution in [0.5, 0.6) is 0 Å². The molecule has 21 heavy (non-hydrogen) atoms. The fraction of sp³-hybridized carbons (Fsp3) is 0.714. The van der Waals surface area contributed by atoms with Crippen molar-refractivity contribution in [2.45, 2.75) is 51.2 Å². The molecule has 2 rings (SSSR count). The van der Waals surface area contributed by atoms with Crippen molar-refractivity contribution < 1.29 is 14.3 Å². The van der Waals surface area contributed by atoms with Crippen LogP contribution >= 0.6 is 22.9 Å². The van der Waals surface area contributed by atoms with Crippen molar-refractivity contribution in [3.8, 4) is 0 Å². The minimum Gasteiger partial charge on any atom is -0.465 e. The van der Waals surface area contributed by atoms with Gasteiger partial charge >= 0.3 is 5.97 Å². The predicted octanol–water partition coefficient (Wildman–Crippen LogP) is 3.73. The van der Waals surface area contributed by atoms with Crippen molar-refractivity contribution in [3.63, 3.8) is 0 Å². The number of carbonyl (C=O) groups is 1. The van der Waals surface area contributed by atoms with Gasteiger partial charge in [0.2, 0.25) is 0 Å². The zero-order valence-electron chi connectivity index (χ0n) is 12.6. The maximum Gasteiger partial charge on any atom is 0.351 e. The van der Waals surface area contributed by atoms with E-state index in [1.807, 2.05) is 0 Å². The molecule has 5 nitrogen and oxygen atoms in total. The van der Waals surface area contributed by atoms with Gasteiger partial charge in [0.15, 0.2) is 15.2 Å². The number of thiazole rings is 1. The number of nitrogens with zero attached hydrogens (tertiary/aromatic N) is 1. The van der Waals surface area contributed by atoms with Gasteiger partial charge < -0.3 is 14.8 Å². The average molecular weight is 333 g/mol. The second-order valence-corrected chi connectivity index (χ2v) is 6.56. The standard InChI is InChI=1S/C14H21ClN2O3S/c1-4-14(5-2)8-9(6-7-20-14)16-13-17-11(15)10(21-13)12(18)19-3/h9H,4-8H2,1-3H3,(H,16,17). The lowest BCUT2D eigenvalue weighted by Gasteiger charge is -2.40. The minimum atomic E-state index is -0.450. The third-order valence-corrected chi connectivity index (χ3v) is 5.42. The van der Waals surface area contributed by atoms with E-state index in [0.717, 1.165) is 32.3 Å². The number of ether oxygens (including phenoxy) is 2. The van der Waals surface area contributed by atoms with Crippen LogP contribution in [0.25, 0.3) is 0 Å². The van der Waals surface area contributed by atoms with Crippen LogP contribution in [0.1, 0.15) is 49.2 Å². The van der Waals surface area contributed by atoms with Crippen LogP contribution in [0.4, 0.5) is 5.13 Å². The van der Waals surface area contributed by atoms with Gasteiger partial charge in [-0.1, -0.05) is 36.8 Å². The molecule has 1 saturated heterocycles. The van der Waals surface area contributed by atoms with Crippen LogP contribution in [0.15, 0.2) is 0 Å². The van der Waals surface area contributed by atoms with Crippen molar-refractivity contribution >= 4 is 34.0 Å². The van der Waals surface area contributed by atoms with Gasteiger partial charge in [-0.15, -0.1) is 0 Å². The Kier molecular flexibility index (Phi) is 5.46. The minimum absolute atomic E-state index is 0.0534. The topological polar surface area (TPSA) is 60.5 Å². The Morgan fingerprint density at radius 2 is 2.29 bits per heavy atom. The number of aromatic nitrogens is 1. The summed E-state index contributed by atoms with van der Waals surface area (Å²) in [6.45, 7) is 5.05. The summed E-state index contributed by atoms with van der Waals surface area (Å²) < 4.78 is 10.6. The predicted molar refractivity (Wildman–Crippen MR) is 84.4 cm³/mol. The number of nitrogens with one attached hydrogen (secondary N) is 1. The molecule has 1 unspecified atom stereocenters. The maximum absolute atomic E-state index is 11.6. The molecule has 2 heterocycles. The van der Waals surface area contributed by atoms with Gasteiger partial charge in [-0.3, -0.25) is 0 Å². The summed E-state index contributed by atoms with van der Waals surface area (Å²) in [5.74, 6) is -0.450. The number of anilines is 1. The number of methoxy groups -OCH3 is 1. The first-order valence-corrected chi connectivity index (χ1v) is 8.38. The number of hydrogen-bond donors (Lipinski definition) is 1. The molecular formula is C14H21ClN2O3S. The lowest BCUT2D eigenvalue weighted by Crippen LogP contribution is -2.43. The average Bonchev–Trinajstić information content (AvgIpc) is 2.87. The molecule has 0 saturated carbocycles. The third-order valence-electron chi connectivity index (χ3n) is 4.07. The second kappa shape index (κ2) is 6.94. The Morgan fingerprint density at radius 3 is 2.90 bits per heavy atom. The highest BCUT2D eigenvalue weighted by Gasteiger charge is 2.35. The summed E-state index contributed by atoms with van der Waals surface area (Å²) in [7, 11) is 1.33. The molecule has 1 aromatic rings. The number of carbonyl (C=O) groups excluding carboxylic acids is 1. The van der Waals surface area contributed by atoms with Gasteiger partial charge in [-0.25, -0.2) is 9.78 Å². The molecular weight excluding hydrogens is 312 g/mol. The second-order valence-electron chi connectivity index (χ2n) is 5.20. The lowest BCUT2D eigenvalue weighted by molar-refractivity contribution is -0.0864. The van der Waals surface area contributed by atoms with Gasteiger partial charge in [0, 0.05) is 12.6 Å². The van der Waals surface area contributed by atoms with Gasteiger partial charge in [-0.05, 0) is 25.7 Å². The zero-order valence-corrected chi connectivity index (χ0v) is 14.1. The molecule has 7 heteroatoms. The largest absolute Gasteiger partial charge is 0.465 e. The molecule has 118 valence electrons. The maximum atomic E-state index is 11.6. The van der Waals surface area contributed by atoms with Gasteiger partial charge in [-0.2, -0.15) is 0 Å². The van der Waals surface area contributed by atoms with E-state index in [1.165, 1.54) is 18.4 Å². The van der Waals surface area contributed by atoms with Crippen LogP contribution in [0, 0.1) is 0 Å². The van der Waals surface area contributed by atoms with Crippen LogP contribution in [-0.4, -0.2) is 36.3 Å². The molecule has 1 N–H and O–H groups in total. The van der Waals surface area contributed by atoms with E-state index in [1.54, 1.807) is 0 Å². The summed E-state index contributed by atoms with van der Waals surface area (Å²) in [5.41, 5.74) is -0.0534. The number of esters is 1. The molecule has 1 fully saturated rings. The van der Waals surface area contributed by atoms with E-state index in [0.29, 0.717) is 10.0 Å². The normalized spacial score (nSPS) is 21.0. The first-order valence-electron chi connectivity index (χ1n) is 7.18. The zero-order chi connectivity index (χ0) is 15.5. The molecule has 0 amide bonds. The van der Waals surface area contributed by atoms with Gasteiger partial charge in [0.25, 0.3) is 0 Å². The summed E-state index contributed by atoms with van der Waals surface area (Å²) in [6, 6.07) is 0.284. The Bertz CT molecular complexity index is 502. The van der Waals surface area contributed by atoms with Crippen LogP contribution < -0.4 is 5.32 Å². The number of rotatable bonds is 5. The molecule has 0 aliphatic carbocycles. The van der Waals surface area contributed by atoms with E-state index < -0.39 is 5.97 Å². The smallest absolute Gasteiger partial charge is 0.351 e. The van der Waals surface area contributed by atoms with Crippen molar-refractivity contribution in [1.29, 1.82) is 0 Å². The highest BCUT2D eigenvalue weighted by Crippen LogP contribution is 2.34. The Morgan fingerprint density at radius 1 is 1.57 bits per heavy atom. The lowest BCUT2D eigenvalue weighted by atomic mass is 9.86. The van der Waals surface area contributed by atoms with E-state index in [-0.39, 0.29) is 16.8 Å². The highest BCUT2D eigenvalue weighted by molar-refractivity contribution is 7.18. The first-order chi connectivity index (χ1) is 10.0. The fourth-order valence-corrected chi connectivity index (χ4v) is 3.83. The molecule has 0 spiro atoms. The van der Waals surface area contributed by atoms with Crippen molar-refractivity contribution in [3.05, 3.63) is 10.0 Å².